The summed E-state index contributed by atoms with van der Waals surface area (Å²) in [6, 6.07) is 26.2. The molecule has 30 heavy (non-hydrogen) atoms. The standard InChI is InChI=1S/C24H20N4O2/c29-17-25-19-5-7-20(8-6-19)26-21-9-11-22(12-10-21)27-24(30)18-3-13-23(14-4-18)28-15-1-2-16-28/h1-17,26H,(H,25,29)(H,27,30). The average Bonchev–Trinajstić information content (AvgIpc) is 3.32. The van der Waals surface area contributed by atoms with Crippen LogP contribution in [0.15, 0.2) is 97.3 Å². The molecule has 1 heterocycles. The summed E-state index contributed by atoms with van der Waals surface area (Å²) < 4.78 is 1.99. The van der Waals surface area contributed by atoms with Gasteiger partial charge in [0.1, 0.15) is 0 Å². The zero-order valence-corrected chi connectivity index (χ0v) is 16.1. The van der Waals surface area contributed by atoms with Gasteiger partial charge in [0.05, 0.1) is 0 Å². The molecule has 6 heteroatoms. The first-order valence-corrected chi connectivity index (χ1v) is 9.43. The van der Waals surface area contributed by atoms with E-state index in [0.717, 1.165) is 22.7 Å². The molecule has 3 aromatic carbocycles. The molecule has 0 aliphatic rings. The van der Waals surface area contributed by atoms with Gasteiger partial charge in [0.2, 0.25) is 6.41 Å². The number of hydrogen-bond donors (Lipinski definition) is 3. The van der Waals surface area contributed by atoms with E-state index in [9.17, 15) is 9.59 Å². The Bertz CT molecular complexity index is 1120. The van der Waals surface area contributed by atoms with E-state index in [4.69, 9.17) is 0 Å². The highest BCUT2D eigenvalue weighted by Gasteiger charge is 2.07. The summed E-state index contributed by atoms with van der Waals surface area (Å²) >= 11 is 0. The molecule has 0 saturated carbocycles. The van der Waals surface area contributed by atoms with E-state index in [1.807, 2.05) is 102 Å². The maximum Gasteiger partial charge on any atom is 0.255 e. The summed E-state index contributed by atoms with van der Waals surface area (Å²) in [4.78, 5) is 23.0. The number of rotatable bonds is 7. The summed E-state index contributed by atoms with van der Waals surface area (Å²) in [5.74, 6) is -0.159. The SMILES string of the molecule is O=CNc1ccc(Nc2ccc(NC(=O)c3ccc(-n4cccc4)cc3)cc2)cc1. The molecule has 0 bridgehead atoms. The first kappa shape index (κ1) is 19.0. The maximum atomic E-state index is 12.5. The molecule has 0 saturated heterocycles. The minimum atomic E-state index is -0.159. The van der Waals surface area contributed by atoms with Crippen LogP contribution in [0.1, 0.15) is 10.4 Å². The van der Waals surface area contributed by atoms with E-state index in [0.29, 0.717) is 17.7 Å². The lowest BCUT2D eigenvalue weighted by Gasteiger charge is -2.10. The molecular weight excluding hydrogens is 376 g/mol. The third-order valence-corrected chi connectivity index (χ3v) is 4.57. The van der Waals surface area contributed by atoms with Crippen molar-refractivity contribution in [1.82, 2.24) is 4.57 Å². The molecular formula is C24H20N4O2. The van der Waals surface area contributed by atoms with Crippen LogP contribution in [0.5, 0.6) is 0 Å². The van der Waals surface area contributed by atoms with Crippen LogP contribution >= 0.6 is 0 Å². The van der Waals surface area contributed by atoms with Gasteiger partial charge in [0, 0.05) is 46.4 Å². The van der Waals surface area contributed by atoms with Gasteiger partial charge >= 0.3 is 0 Å². The Hall–Kier alpha value is -4.32. The third kappa shape index (κ3) is 4.56. The van der Waals surface area contributed by atoms with Crippen molar-refractivity contribution in [2.75, 3.05) is 16.0 Å². The molecule has 148 valence electrons. The Labute approximate surface area is 174 Å². The first-order valence-electron chi connectivity index (χ1n) is 9.43. The van der Waals surface area contributed by atoms with Crippen LogP contribution in [0, 0.1) is 0 Å². The molecule has 0 unspecified atom stereocenters. The van der Waals surface area contributed by atoms with E-state index < -0.39 is 0 Å². The van der Waals surface area contributed by atoms with Gasteiger partial charge in [0.25, 0.3) is 5.91 Å². The number of benzene rings is 3. The Kier molecular flexibility index (Phi) is 5.57. The summed E-state index contributed by atoms with van der Waals surface area (Å²) in [7, 11) is 0. The molecule has 6 nitrogen and oxygen atoms in total. The van der Waals surface area contributed by atoms with Crippen LogP contribution in [-0.2, 0) is 4.79 Å². The van der Waals surface area contributed by atoms with Crippen molar-refractivity contribution in [3.8, 4) is 5.69 Å². The van der Waals surface area contributed by atoms with Crippen LogP contribution in [0.2, 0.25) is 0 Å². The van der Waals surface area contributed by atoms with Crippen LogP contribution in [0.4, 0.5) is 22.7 Å². The highest BCUT2D eigenvalue weighted by atomic mass is 16.1. The monoisotopic (exact) mass is 396 g/mol. The van der Waals surface area contributed by atoms with Crippen molar-refractivity contribution in [3.05, 3.63) is 103 Å². The summed E-state index contributed by atoms with van der Waals surface area (Å²) in [5.41, 5.74) is 4.82. The van der Waals surface area contributed by atoms with E-state index in [1.54, 1.807) is 0 Å². The molecule has 0 atom stereocenters. The van der Waals surface area contributed by atoms with E-state index >= 15 is 0 Å². The lowest BCUT2D eigenvalue weighted by atomic mass is 10.2. The lowest BCUT2D eigenvalue weighted by molar-refractivity contribution is -0.105. The zero-order chi connectivity index (χ0) is 20.8. The molecule has 1 aromatic heterocycles. The van der Waals surface area contributed by atoms with Gasteiger partial charge in [0.15, 0.2) is 0 Å². The summed E-state index contributed by atoms with van der Waals surface area (Å²) in [6.45, 7) is 0. The van der Waals surface area contributed by atoms with Crippen molar-refractivity contribution in [3.63, 3.8) is 0 Å². The minimum Gasteiger partial charge on any atom is -0.356 e. The van der Waals surface area contributed by atoms with Gasteiger partial charge in [-0.05, 0) is 84.9 Å². The number of carbonyl (C=O) groups is 2. The summed E-state index contributed by atoms with van der Waals surface area (Å²) in [5, 5.41) is 8.78. The summed E-state index contributed by atoms with van der Waals surface area (Å²) in [6.07, 6.45) is 4.56. The number of anilines is 4. The van der Waals surface area contributed by atoms with Gasteiger partial charge < -0.3 is 20.5 Å². The minimum absolute atomic E-state index is 0.159. The smallest absolute Gasteiger partial charge is 0.255 e. The van der Waals surface area contributed by atoms with Crippen molar-refractivity contribution >= 4 is 35.1 Å². The lowest BCUT2D eigenvalue weighted by Crippen LogP contribution is -2.11. The number of carbonyl (C=O) groups excluding carboxylic acids is 2. The Balaban J connectivity index is 1.37. The fourth-order valence-corrected chi connectivity index (χ4v) is 3.02. The molecule has 0 spiro atoms. The number of aromatic nitrogens is 1. The molecule has 4 rings (SSSR count). The Morgan fingerprint density at radius 1 is 0.700 bits per heavy atom. The molecule has 0 fully saturated rings. The largest absolute Gasteiger partial charge is 0.356 e. The number of nitrogens with one attached hydrogen (secondary N) is 3. The van der Waals surface area contributed by atoms with Gasteiger partial charge in [-0.3, -0.25) is 9.59 Å². The molecule has 0 radical (unpaired) electrons. The molecule has 0 aliphatic carbocycles. The fraction of sp³-hybridized carbons (Fsp3) is 0. The number of hydrogen-bond acceptors (Lipinski definition) is 3. The van der Waals surface area contributed by atoms with E-state index in [2.05, 4.69) is 16.0 Å². The molecule has 2 amide bonds. The average molecular weight is 396 g/mol. The second kappa shape index (κ2) is 8.79. The second-order valence-electron chi connectivity index (χ2n) is 6.63. The topological polar surface area (TPSA) is 75.2 Å². The second-order valence-corrected chi connectivity index (χ2v) is 6.63. The van der Waals surface area contributed by atoms with Gasteiger partial charge in [-0.25, -0.2) is 0 Å². The van der Waals surface area contributed by atoms with E-state index in [-0.39, 0.29) is 5.91 Å². The Morgan fingerprint density at radius 3 is 1.80 bits per heavy atom. The molecule has 3 N–H and O–H groups in total. The van der Waals surface area contributed by atoms with Crippen molar-refractivity contribution in [2.24, 2.45) is 0 Å². The quantitative estimate of drug-likeness (QED) is 0.383. The van der Waals surface area contributed by atoms with E-state index in [1.165, 1.54) is 0 Å². The highest BCUT2D eigenvalue weighted by Crippen LogP contribution is 2.21. The predicted molar refractivity (Wildman–Crippen MR) is 120 cm³/mol. The highest BCUT2D eigenvalue weighted by molar-refractivity contribution is 6.04. The predicted octanol–water partition coefficient (Wildman–Crippen LogP) is 5.04. The van der Waals surface area contributed by atoms with Crippen molar-refractivity contribution in [2.45, 2.75) is 0 Å². The van der Waals surface area contributed by atoms with Crippen LogP contribution in [0.3, 0.4) is 0 Å². The van der Waals surface area contributed by atoms with Crippen LogP contribution in [-0.4, -0.2) is 16.9 Å². The van der Waals surface area contributed by atoms with Crippen molar-refractivity contribution < 1.29 is 9.59 Å². The van der Waals surface area contributed by atoms with Gasteiger partial charge in [-0.1, -0.05) is 0 Å². The molecule has 4 aromatic rings. The van der Waals surface area contributed by atoms with Crippen LogP contribution < -0.4 is 16.0 Å². The van der Waals surface area contributed by atoms with Gasteiger partial charge in [-0.2, -0.15) is 0 Å². The molecule has 0 aliphatic heterocycles. The maximum absolute atomic E-state index is 12.5. The Morgan fingerprint density at radius 2 is 1.23 bits per heavy atom. The van der Waals surface area contributed by atoms with Crippen molar-refractivity contribution in [1.29, 1.82) is 0 Å². The fourth-order valence-electron chi connectivity index (χ4n) is 3.02. The normalized spacial score (nSPS) is 10.3. The van der Waals surface area contributed by atoms with Crippen LogP contribution in [0.25, 0.3) is 5.69 Å². The number of amides is 2. The number of nitrogens with zero attached hydrogens (tertiary/aromatic N) is 1. The first-order chi connectivity index (χ1) is 14.7. The third-order valence-electron chi connectivity index (χ3n) is 4.57. The zero-order valence-electron chi connectivity index (χ0n) is 16.1. The van der Waals surface area contributed by atoms with Gasteiger partial charge in [-0.15, -0.1) is 0 Å².